The van der Waals surface area contributed by atoms with Crippen LogP contribution in [-0.2, 0) is 0 Å². The van der Waals surface area contributed by atoms with E-state index in [0.29, 0.717) is 5.82 Å². The molecule has 0 radical (unpaired) electrons. The Labute approximate surface area is 112 Å². The summed E-state index contributed by atoms with van der Waals surface area (Å²) in [5.74, 6) is 2.87. The number of anilines is 3. The molecule has 0 amide bonds. The van der Waals surface area contributed by atoms with Gasteiger partial charge in [0.15, 0.2) is 5.82 Å². The maximum atomic E-state index is 5.02. The largest absolute Gasteiger partial charge is 0.360 e. The molecule has 102 valence electrons. The third-order valence-corrected chi connectivity index (χ3v) is 2.77. The topological polar surface area (TPSA) is 67.1 Å². The van der Waals surface area contributed by atoms with E-state index < -0.39 is 0 Å². The van der Waals surface area contributed by atoms with E-state index in [4.69, 9.17) is 4.52 Å². The number of aromatic nitrogens is 3. The third-order valence-electron chi connectivity index (χ3n) is 2.77. The van der Waals surface area contributed by atoms with E-state index in [2.05, 4.69) is 39.2 Å². The van der Waals surface area contributed by atoms with Crippen molar-refractivity contribution in [2.45, 2.75) is 27.7 Å². The highest BCUT2D eigenvalue weighted by atomic mass is 16.5. The van der Waals surface area contributed by atoms with Crippen molar-refractivity contribution < 1.29 is 4.52 Å². The first-order valence-corrected chi connectivity index (χ1v) is 6.43. The van der Waals surface area contributed by atoms with Crippen LogP contribution in [0.2, 0.25) is 0 Å². The van der Waals surface area contributed by atoms with Crippen LogP contribution >= 0.6 is 0 Å². The highest BCUT2D eigenvalue weighted by Gasteiger charge is 2.09. The Morgan fingerprint density at radius 2 is 1.84 bits per heavy atom. The Morgan fingerprint density at radius 3 is 2.42 bits per heavy atom. The monoisotopic (exact) mass is 261 g/mol. The van der Waals surface area contributed by atoms with Crippen molar-refractivity contribution in [3.63, 3.8) is 0 Å². The molecule has 2 aromatic heterocycles. The second-order valence-corrected chi connectivity index (χ2v) is 4.31. The van der Waals surface area contributed by atoms with Crippen LogP contribution in [-0.4, -0.2) is 28.2 Å². The van der Waals surface area contributed by atoms with Crippen molar-refractivity contribution in [3.8, 4) is 0 Å². The van der Waals surface area contributed by atoms with E-state index >= 15 is 0 Å². The van der Waals surface area contributed by atoms with Gasteiger partial charge >= 0.3 is 0 Å². The maximum absolute atomic E-state index is 5.02. The lowest BCUT2D eigenvalue weighted by Crippen LogP contribution is -2.24. The molecule has 0 unspecified atom stereocenters. The highest BCUT2D eigenvalue weighted by Crippen LogP contribution is 2.18. The zero-order valence-electron chi connectivity index (χ0n) is 11.8. The fourth-order valence-corrected chi connectivity index (χ4v) is 1.82. The summed E-state index contributed by atoms with van der Waals surface area (Å²) in [7, 11) is 0. The van der Waals surface area contributed by atoms with Gasteiger partial charge in [0, 0.05) is 30.9 Å². The molecule has 0 atom stereocenters. The van der Waals surface area contributed by atoms with Crippen molar-refractivity contribution in [2.75, 3.05) is 23.3 Å². The molecule has 0 bridgehead atoms. The standard InChI is InChI=1S/C13H19N5O/c1-5-18(6-2)13-14-9(3)7-11(16-13)15-12-8-10(4)19-17-12/h7-8H,5-6H2,1-4H3,(H,14,15,16,17). The Kier molecular flexibility index (Phi) is 3.99. The second-order valence-electron chi connectivity index (χ2n) is 4.31. The minimum atomic E-state index is 0.654. The second kappa shape index (κ2) is 5.69. The number of nitrogens with one attached hydrogen (secondary N) is 1. The van der Waals surface area contributed by atoms with Crippen LogP contribution < -0.4 is 10.2 Å². The lowest BCUT2D eigenvalue weighted by Gasteiger charge is -2.19. The predicted octanol–water partition coefficient (Wildman–Crippen LogP) is 2.67. The van der Waals surface area contributed by atoms with Gasteiger partial charge in [-0.2, -0.15) is 4.98 Å². The summed E-state index contributed by atoms with van der Waals surface area (Å²) in [5, 5.41) is 7.02. The van der Waals surface area contributed by atoms with Gasteiger partial charge in [0.25, 0.3) is 0 Å². The van der Waals surface area contributed by atoms with E-state index in [0.717, 1.165) is 36.3 Å². The van der Waals surface area contributed by atoms with Gasteiger partial charge in [-0.3, -0.25) is 0 Å². The van der Waals surface area contributed by atoms with Gasteiger partial charge in [0.05, 0.1) is 0 Å². The molecule has 0 saturated carbocycles. The van der Waals surface area contributed by atoms with Gasteiger partial charge in [0.1, 0.15) is 11.6 Å². The Balaban J connectivity index is 2.25. The lowest BCUT2D eigenvalue weighted by atomic mass is 10.4. The van der Waals surface area contributed by atoms with Crippen LogP contribution in [0, 0.1) is 13.8 Å². The summed E-state index contributed by atoms with van der Waals surface area (Å²) in [6.45, 7) is 9.73. The molecule has 0 spiro atoms. The molecule has 6 nitrogen and oxygen atoms in total. The van der Waals surface area contributed by atoms with Gasteiger partial charge < -0.3 is 14.7 Å². The molecule has 0 aromatic carbocycles. The van der Waals surface area contributed by atoms with E-state index in [1.165, 1.54) is 0 Å². The molecule has 6 heteroatoms. The number of aryl methyl sites for hydroxylation is 2. The van der Waals surface area contributed by atoms with Crippen LogP contribution in [0.4, 0.5) is 17.6 Å². The van der Waals surface area contributed by atoms with E-state index in [1.54, 1.807) is 0 Å². The van der Waals surface area contributed by atoms with Gasteiger partial charge in [-0.05, 0) is 27.7 Å². The molecule has 0 aliphatic heterocycles. The van der Waals surface area contributed by atoms with Crippen molar-refractivity contribution in [1.29, 1.82) is 0 Å². The molecule has 2 aromatic rings. The van der Waals surface area contributed by atoms with E-state index in [1.807, 2.05) is 26.0 Å². The fourth-order valence-electron chi connectivity index (χ4n) is 1.82. The van der Waals surface area contributed by atoms with E-state index in [-0.39, 0.29) is 0 Å². The van der Waals surface area contributed by atoms with Crippen molar-refractivity contribution >= 4 is 17.6 Å². The molecule has 0 aliphatic rings. The summed E-state index contributed by atoms with van der Waals surface area (Å²) in [6, 6.07) is 3.71. The van der Waals surface area contributed by atoms with Gasteiger partial charge in [-0.25, -0.2) is 4.98 Å². The van der Waals surface area contributed by atoms with Crippen molar-refractivity contribution in [1.82, 2.24) is 15.1 Å². The molecule has 0 fully saturated rings. The number of hydrogen-bond acceptors (Lipinski definition) is 6. The highest BCUT2D eigenvalue weighted by molar-refractivity contribution is 5.53. The average molecular weight is 261 g/mol. The first-order chi connectivity index (χ1) is 9.12. The normalized spacial score (nSPS) is 10.5. The van der Waals surface area contributed by atoms with Gasteiger partial charge in [0.2, 0.25) is 5.95 Å². The molecule has 19 heavy (non-hydrogen) atoms. The zero-order valence-corrected chi connectivity index (χ0v) is 11.8. The molecule has 2 rings (SSSR count). The Hall–Kier alpha value is -2.11. The third kappa shape index (κ3) is 3.21. The molecule has 2 heterocycles. The van der Waals surface area contributed by atoms with Gasteiger partial charge in [-0.1, -0.05) is 5.16 Å². The van der Waals surface area contributed by atoms with Crippen LogP contribution in [0.5, 0.6) is 0 Å². The average Bonchev–Trinajstić information content (AvgIpc) is 2.75. The summed E-state index contributed by atoms with van der Waals surface area (Å²) < 4.78 is 5.02. The summed E-state index contributed by atoms with van der Waals surface area (Å²) in [5.41, 5.74) is 0.916. The van der Waals surface area contributed by atoms with Crippen LogP contribution in [0.15, 0.2) is 16.7 Å². The smallest absolute Gasteiger partial charge is 0.227 e. The Morgan fingerprint density at radius 1 is 1.11 bits per heavy atom. The summed E-state index contributed by atoms with van der Waals surface area (Å²) >= 11 is 0. The predicted molar refractivity (Wildman–Crippen MR) is 74.9 cm³/mol. The zero-order chi connectivity index (χ0) is 13.8. The van der Waals surface area contributed by atoms with Crippen molar-refractivity contribution in [2.24, 2.45) is 0 Å². The maximum Gasteiger partial charge on any atom is 0.227 e. The van der Waals surface area contributed by atoms with Crippen LogP contribution in [0.3, 0.4) is 0 Å². The fraction of sp³-hybridized carbons (Fsp3) is 0.462. The quantitative estimate of drug-likeness (QED) is 0.892. The molecular formula is C13H19N5O. The first-order valence-electron chi connectivity index (χ1n) is 6.43. The molecule has 0 saturated heterocycles. The Bertz CT molecular complexity index is 548. The number of nitrogens with zero attached hydrogens (tertiary/aromatic N) is 4. The lowest BCUT2D eigenvalue weighted by molar-refractivity contribution is 0.400. The van der Waals surface area contributed by atoms with E-state index in [9.17, 15) is 0 Å². The van der Waals surface area contributed by atoms with Crippen LogP contribution in [0.1, 0.15) is 25.3 Å². The minimum absolute atomic E-state index is 0.654. The molecule has 0 aliphatic carbocycles. The first kappa shape index (κ1) is 13.3. The van der Waals surface area contributed by atoms with Gasteiger partial charge in [-0.15, -0.1) is 0 Å². The molecule has 1 N–H and O–H groups in total. The summed E-state index contributed by atoms with van der Waals surface area (Å²) in [4.78, 5) is 11.1. The number of rotatable bonds is 5. The van der Waals surface area contributed by atoms with Crippen LogP contribution in [0.25, 0.3) is 0 Å². The summed E-state index contributed by atoms with van der Waals surface area (Å²) in [6.07, 6.45) is 0. The minimum Gasteiger partial charge on any atom is -0.360 e. The van der Waals surface area contributed by atoms with Crippen molar-refractivity contribution in [3.05, 3.63) is 23.6 Å². The number of hydrogen-bond donors (Lipinski definition) is 1. The SMILES string of the molecule is CCN(CC)c1nc(C)cc(Nc2cc(C)on2)n1. The molecular weight excluding hydrogens is 242 g/mol.